The van der Waals surface area contributed by atoms with E-state index >= 15 is 0 Å². The minimum Gasteiger partial charge on any atom is -0.396 e. The second-order valence-electron chi connectivity index (χ2n) is 5.17. The molecular weight excluding hydrogens is 184 g/mol. The number of aliphatic hydroxyl groups excluding tert-OH is 1. The highest BCUT2D eigenvalue weighted by atomic mass is 16.2. The van der Waals surface area contributed by atoms with Crippen LogP contribution in [-0.2, 0) is 0 Å². The predicted molar refractivity (Wildman–Crippen MR) is 65.9 cm³/mol. The molecule has 1 heteroatoms. The predicted octanol–water partition coefficient (Wildman–Crippen LogP) is 4.15. The van der Waals surface area contributed by atoms with Crippen molar-refractivity contribution in [2.75, 3.05) is 6.61 Å². The number of unbranched alkanes of at least 4 members (excludes halogenated alkanes) is 1. The van der Waals surface area contributed by atoms with Gasteiger partial charge in [0, 0.05) is 6.61 Å². The van der Waals surface area contributed by atoms with Crippen LogP contribution >= 0.6 is 0 Å². The Morgan fingerprint density at radius 2 is 1.73 bits per heavy atom. The van der Waals surface area contributed by atoms with Gasteiger partial charge in [0.2, 0.25) is 0 Å². The van der Waals surface area contributed by atoms with Gasteiger partial charge in [-0.3, -0.25) is 0 Å². The summed E-state index contributed by atoms with van der Waals surface area (Å²) < 4.78 is 0. The van der Waals surface area contributed by atoms with Crippen LogP contribution in [-0.4, -0.2) is 11.7 Å². The molecule has 0 aromatic heterocycles. The van der Waals surface area contributed by atoms with Gasteiger partial charge >= 0.3 is 0 Å². The van der Waals surface area contributed by atoms with Crippen LogP contribution in [0.4, 0.5) is 0 Å². The summed E-state index contributed by atoms with van der Waals surface area (Å²) in [5.74, 6) is 1.90. The zero-order valence-electron chi connectivity index (χ0n) is 10.4. The number of aliphatic hydroxyl groups is 1. The molecule has 0 aromatic carbocycles. The molecule has 0 saturated heterocycles. The third kappa shape index (κ3) is 5.01. The smallest absolute Gasteiger partial charge is 0.0431 e. The van der Waals surface area contributed by atoms with Gasteiger partial charge in [0.1, 0.15) is 0 Å². The lowest BCUT2D eigenvalue weighted by molar-refractivity contribution is 0.197. The zero-order valence-corrected chi connectivity index (χ0v) is 10.4. The summed E-state index contributed by atoms with van der Waals surface area (Å²) in [6.07, 6.45) is 13.7. The Morgan fingerprint density at radius 1 is 1.07 bits per heavy atom. The van der Waals surface area contributed by atoms with Crippen LogP contribution < -0.4 is 0 Å². The first-order chi connectivity index (χ1) is 7.38. The highest BCUT2D eigenvalue weighted by Crippen LogP contribution is 2.35. The van der Waals surface area contributed by atoms with Crippen molar-refractivity contribution in [3.63, 3.8) is 0 Å². The van der Waals surface area contributed by atoms with E-state index in [-0.39, 0.29) is 0 Å². The van der Waals surface area contributed by atoms with Crippen molar-refractivity contribution >= 4 is 0 Å². The Balaban J connectivity index is 2.30. The number of hydrogen-bond acceptors (Lipinski definition) is 1. The average Bonchev–Trinajstić information content (AvgIpc) is 2.30. The van der Waals surface area contributed by atoms with E-state index < -0.39 is 0 Å². The van der Waals surface area contributed by atoms with Crippen molar-refractivity contribution in [1.29, 1.82) is 0 Å². The van der Waals surface area contributed by atoms with Crippen molar-refractivity contribution in [2.24, 2.45) is 11.8 Å². The Morgan fingerprint density at radius 3 is 2.33 bits per heavy atom. The molecule has 0 heterocycles. The van der Waals surface area contributed by atoms with Crippen molar-refractivity contribution in [2.45, 2.75) is 71.1 Å². The van der Waals surface area contributed by atoms with Crippen LogP contribution in [0.2, 0.25) is 0 Å². The van der Waals surface area contributed by atoms with E-state index in [0.29, 0.717) is 6.61 Å². The molecule has 1 aliphatic carbocycles. The molecular formula is C14H28O. The summed E-state index contributed by atoms with van der Waals surface area (Å²) in [6.45, 7) is 2.67. The lowest BCUT2D eigenvalue weighted by Gasteiger charge is -2.30. The molecule has 0 aromatic rings. The van der Waals surface area contributed by atoms with E-state index in [0.717, 1.165) is 18.3 Å². The average molecular weight is 212 g/mol. The SMILES string of the molecule is CCCCC(CCCO)C1CCCCC1. The number of hydrogen-bond donors (Lipinski definition) is 1. The standard InChI is InChI=1S/C14H28O/c1-2-3-8-13(11-7-12-15)14-9-5-4-6-10-14/h13-15H,2-12H2,1H3. The fraction of sp³-hybridized carbons (Fsp3) is 1.00. The second kappa shape index (κ2) is 8.15. The van der Waals surface area contributed by atoms with Gasteiger partial charge in [-0.05, 0) is 24.7 Å². The Kier molecular flexibility index (Phi) is 7.08. The quantitative estimate of drug-likeness (QED) is 0.672. The summed E-state index contributed by atoms with van der Waals surface area (Å²) in [6, 6.07) is 0. The summed E-state index contributed by atoms with van der Waals surface area (Å²) in [4.78, 5) is 0. The normalized spacial score (nSPS) is 20.4. The van der Waals surface area contributed by atoms with Crippen LogP contribution in [0.1, 0.15) is 71.1 Å². The van der Waals surface area contributed by atoms with Gasteiger partial charge in [-0.15, -0.1) is 0 Å². The topological polar surface area (TPSA) is 20.2 Å². The monoisotopic (exact) mass is 212 g/mol. The molecule has 0 amide bonds. The van der Waals surface area contributed by atoms with E-state index in [4.69, 9.17) is 5.11 Å². The Hall–Kier alpha value is -0.0400. The van der Waals surface area contributed by atoms with Crippen molar-refractivity contribution in [3.8, 4) is 0 Å². The van der Waals surface area contributed by atoms with Crippen LogP contribution in [0.15, 0.2) is 0 Å². The molecule has 0 bridgehead atoms. The van der Waals surface area contributed by atoms with E-state index in [9.17, 15) is 0 Å². The van der Waals surface area contributed by atoms with Crippen LogP contribution in [0.25, 0.3) is 0 Å². The maximum atomic E-state index is 8.94. The van der Waals surface area contributed by atoms with Crippen LogP contribution in [0, 0.1) is 11.8 Å². The van der Waals surface area contributed by atoms with E-state index in [1.807, 2.05) is 0 Å². The molecule has 1 unspecified atom stereocenters. The fourth-order valence-corrected chi connectivity index (χ4v) is 3.04. The highest BCUT2D eigenvalue weighted by molar-refractivity contribution is 4.74. The maximum absolute atomic E-state index is 8.94. The molecule has 1 fully saturated rings. The molecule has 1 N–H and O–H groups in total. The largest absolute Gasteiger partial charge is 0.396 e. The highest BCUT2D eigenvalue weighted by Gasteiger charge is 2.22. The van der Waals surface area contributed by atoms with E-state index in [2.05, 4.69) is 6.92 Å². The molecule has 15 heavy (non-hydrogen) atoms. The van der Waals surface area contributed by atoms with Gasteiger partial charge < -0.3 is 5.11 Å². The molecule has 90 valence electrons. The van der Waals surface area contributed by atoms with Crippen molar-refractivity contribution in [3.05, 3.63) is 0 Å². The van der Waals surface area contributed by atoms with Crippen LogP contribution in [0.5, 0.6) is 0 Å². The molecule has 1 saturated carbocycles. The minimum atomic E-state index is 0.384. The molecule has 1 nitrogen and oxygen atoms in total. The first-order valence-electron chi connectivity index (χ1n) is 6.99. The fourth-order valence-electron chi connectivity index (χ4n) is 3.04. The summed E-state index contributed by atoms with van der Waals surface area (Å²) >= 11 is 0. The second-order valence-corrected chi connectivity index (χ2v) is 5.17. The van der Waals surface area contributed by atoms with Crippen molar-refractivity contribution in [1.82, 2.24) is 0 Å². The molecule has 1 atom stereocenters. The van der Waals surface area contributed by atoms with Gasteiger partial charge in [-0.2, -0.15) is 0 Å². The van der Waals surface area contributed by atoms with Gasteiger partial charge in [-0.1, -0.05) is 58.3 Å². The van der Waals surface area contributed by atoms with Gasteiger partial charge in [0.25, 0.3) is 0 Å². The lowest BCUT2D eigenvalue weighted by Crippen LogP contribution is -2.18. The zero-order chi connectivity index (χ0) is 10.9. The molecule has 0 spiro atoms. The molecule has 1 rings (SSSR count). The summed E-state index contributed by atoms with van der Waals surface area (Å²) in [5, 5.41) is 8.94. The van der Waals surface area contributed by atoms with Crippen molar-refractivity contribution < 1.29 is 5.11 Å². The molecule has 1 aliphatic rings. The molecule has 0 aliphatic heterocycles. The third-order valence-electron chi connectivity index (χ3n) is 3.98. The maximum Gasteiger partial charge on any atom is 0.0431 e. The van der Waals surface area contributed by atoms with Gasteiger partial charge in [0.05, 0.1) is 0 Å². The Labute approximate surface area is 95.3 Å². The first-order valence-corrected chi connectivity index (χ1v) is 6.99. The van der Waals surface area contributed by atoms with E-state index in [1.165, 1.54) is 57.8 Å². The Bertz CT molecular complexity index is 130. The lowest BCUT2D eigenvalue weighted by atomic mass is 9.76. The van der Waals surface area contributed by atoms with E-state index in [1.54, 1.807) is 0 Å². The van der Waals surface area contributed by atoms with Gasteiger partial charge in [-0.25, -0.2) is 0 Å². The summed E-state index contributed by atoms with van der Waals surface area (Å²) in [7, 11) is 0. The number of rotatable bonds is 7. The van der Waals surface area contributed by atoms with Crippen LogP contribution in [0.3, 0.4) is 0 Å². The summed E-state index contributed by atoms with van der Waals surface area (Å²) in [5.41, 5.74) is 0. The molecule has 0 radical (unpaired) electrons. The minimum absolute atomic E-state index is 0.384. The third-order valence-corrected chi connectivity index (χ3v) is 3.98. The first kappa shape index (κ1) is 13.0. The van der Waals surface area contributed by atoms with Gasteiger partial charge in [0.15, 0.2) is 0 Å².